The van der Waals surface area contributed by atoms with E-state index in [-0.39, 0.29) is 12.3 Å². The van der Waals surface area contributed by atoms with Crippen molar-refractivity contribution >= 4 is 33.0 Å². The van der Waals surface area contributed by atoms with Crippen LogP contribution in [-0.4, -0.2) is 25.7 Å². The van der Waals surface area contributed by atoms with E-state index in [1.54, 1.807) is 0 Å². The van der Waals surface area contributed by atoms with Gasteiger partial charge in [0.1, 0.15) is 12.9 Å². The van der Waals surface area contributed by atoms with Crippen LogP contribution in [0.4, 0.5) is 0 Å². The van der Waals surface area contributed by atoms with Crippen LogP contribution in [0.15, 0.2) is 48.1 Å². The molecule has 114 valence electrons. The molecule has 3 aromatic heterocycles. The van der Waals surface area contributed by atoms with Crippen LogP contribution in [0.3, 0.4) is 0 Å². The fraction of sp³-hybridized carbons (Fsp3) is 0.0625. The van der Waals surface area contributed by atoms with E-state index in [0.717, 1.165) is 15.6 Å². The highest BCUT2D eigenvalue weighted by atomic mass is 32.1. The van der Waals surface area contributed by atoms with Gasteiger partial charge in [-0.15, -0.1) is 11.3 Å². The minimum absolute atomic E-state index is 0.0108. The lowest BCUT2D eigenvalue weighted by Crippen LogP contribution is -2.10. The zero-order valence-electron chi connectivity index (χ0n) is 11.8. The van der Waals surface area contributed by atoms with Gasteiger partial charge in [0, 0.05) is 5.39 Å². The van der Waals surface area contributed by atoms with Gasteiger partial charge in [0.15, 0.2) is 17.1 Å². The molecule has 0 spiro atoms. The lowest BCUT2D eigenvalue weighted by atomic mass is 10.2. The van der Waals surface area contributed by atoms with Gasteiger partial charge in [-0.05, 0) is 17.0 Å². The van der Waals surface area contributed by atoms with E-state index in [0.29, 0.717) is 11.4 Å². The number of carboxylic acid groups (broad SMARTS) is 1. The lowest BCUT2D eigenvalue weighted by molar-refractivity contribution is 0.0682. The van der Waals surface area contributed by atoms with Gasteiger partial charge >= 0.3 is 5.97 Å². The van der Waals surface area contributed by atoms with Crippen LogP contribution in [0, 0.1) is 0 Å². The largest absolute Gasteiger partial charge is 0.485 e. The van der Waals surface area contributed by atoms with E-state index in [1.165, 1.54) is 22.2 Å². The monoisotopic (exact) mass is 325 g/mol. The molecular formula is C16H11N3O3S. The van der Waals surface area contributed by atoms with Crippen molar-refractivity contribution in [2.45, 2.75) is 6.61 Å². The van der Waals surface area contributed by atoms with Crippen molar-refractivity contribution in [1.82, 2.24) is 14.6 Å². The molecule has 23 heavy (non-hydrogen) atoms. The molecular weight excluding hydrogens is 314 g/mol. The number of fused-ring (bicyclic) bond motifs is 3. The van der Waals surface area contributed by atoms with Crippen LogP contribution >= 0.6 is 11.3 Å². The fourth-order valence-electron chi connectivity index (χ4n) is 2.51. The molecule has 0 aliphatic rings. The van der Waals surface area contributed by atoms with Gasteiger partial charge in [-0.25, -0.2) is 14.3 Å². The number of aromatic carboxylic acids is 1. The normalized spacial score (nSPS) is 11.1. The smallest absolute Gasteiger partial charge is 0.358 e. The Kier molecular flexibility index (Phi) is 3.20. The topological polar surface area (TPSA) is 76.7 Å². The summed E-state index contributed by atoms with van der Waals surface area (Å²) in [6, 6.07) is 11.5. The SMILES string of the molecule is O=C(O)c1c(OCc2ccccc2)c2sccc2c2ncnn12. The van der Waals surface area contributed by atoms with Gasteiger partial charge in [0.25, 0.3) is 0 Å². The summed E-state index contributed by atoms with van der Waals surface area (Å²) >= 11 is 1.43. The van der Waals surface area contributed by atoms with Crippen molar-refractivity contribution in [2.24, 2.45) is 0 Å². The third-order valence-corrected chi connectivity index (χ3v) is 4.43. The number of benzene rings is 1. The Balaban J connectivity index is 1.90. The summed E-state index contributed by atoms with van der Waals surface area (Å²) in [6.45, 7) is 0.286. The number of carbonyl (C=O) groups is 1. The second-order valence-electron chi connectivity index (χ2n) is 4.92. The van der Waals surface area contributed by atoms with Gasteiger partial charge < -0.3 is 9.84 Å². The minimum atomic E-state index is -1.10. The van der Waals surface area contributed by atoms with E-state index in [9.17, 15) is 9.90 Å². The maximum atomic E-state index is 11.7. The highest BCUT2D eigenvalue weighted by Crippen LogP contribution is 2.36. The second-order valence-corrected chi connectivity index (χ2v) is 5.83. The van der Waals surface area contributed by atoms with Crippen LogP contribution in [-0.2, 0) is 6.61 Å². The van der Waals surface area contributed by atoms with Gasteiger partial charge in [-0.2, -0.15) is 5.10 Å². The molecule has 0 amide bonds. The van der Waals surface area contributed by atoms with Crippen molar-refractivity contribution in [3.05, 3.63) is 59.4 Å². The average Bonchev–Trinajstić information content (AvgIpc) is 3.21. The Morgan fingerprint density at radius 1 is 1.26 bits per heavy atom. The molecule has 1 aromatic carbocycles. The van der Waals surface area contributed by atoms with E-state index >= 15 is 0 Å². The van der Waals surface area contributed by atoms with E-state index in [2.05, 4.69) is 10.1 Å². The zero-order chi connectivity index (χ0) is 15.8. The van der Waals surface area contributed by atoms with Crippen LogP contribution in [0.1, 0.15) is 16.1 Å². The lowest BCUT2D eigenvalue weighted by Gasteiger charge is -2.12. The summed E-state index contributed by atoms with van der Waals surface area (Å²) in [5.41, 5.74) is 1.47. The van der Waals surface area contributed by atoms with Crippen LogP contribution < -0.4 is 4.74 Å². The molecule has 0 fully saturated rings. The first-order valence-electron chi connectivity index (χ1n) is 6.88. The number of rotatable bonds is 4. The van der Waals surface area contributed by atoms with Crippen LogP contribution in [0.25, 0.3) is 15.7 Å². The minimum Gasteiger partial charge on any atom is -0.485 e. The summed E-state index contributed by atoms with van der Waals surface area (Å²) in [7, 11) is 0. The Hall–Kier alpha value is -2.93. The predicted molar refractivity (Wildman–Crippen MR) is 86.1 cm³/mol. The number of carboxylic acids is 1. The number of pyridine rings is 1. The number of hydrogen-bond donors (Lipinski definition) is 1. The molecule has 7 heteroatoms. The van der Waals surface area contributed by atoms with Crippen molar-refractivity contribution in [3.8, 4) is 5.75 Å². The number of hydrogen-bond acceptors (Lipinski definition) is 5. The fourth-order valence-corrected chi connectivity index (χ4v) is 3.39. The standard InChI is InChI=1S/C16H11N3O3S/c20-16(21)12-13(22-8-10-4-2-1-3-5-10)14-11(6-7-23-14)15-17-9-18-19(12)15/h1-7,9H,8H2,(H,20,21). The molecule has 0 saturated heterocycles. The van der Waals surface area contributed by atoms with Crippen molar-refractivity contribution in [3.63, 3.8) is 0 Å². The van der Waals surface area contributed by atoms with Crippen LogP contribution in [0.5, 0.6) is 5.75 Å². The van der Waals surface area contributed by atoms with Crippen molar-refractivity contribution < 1.29 is 14.6 Å². The highest BCUT2D eigenvalue weighted by Gasteiger charge is 2.23. The van der Waals surface area contributed by atoms with Gasteiger partial charge in [0.2, 0.25) is 0 Å². The van der Waals surface area contributed by atoms with Gasteiger partial charge in [-0.3, -0.25) is 0 Å². The first-order valence-corrected chi connectivity index (χ1v) is 7.76. The maximum Gasteiger partial charge on any atom is 0.358 e. The van der Waals surface area contributed by atoms with Gasteiger partial charge in [0.05, 0.1) is 4.70 Å². The summed E-state index contributed by atoms with van der Waals surface area (Å²) in [6.07, 6.45) is 1.35. The summed E-state index contributed by atoms with van der Waals surface area (Å²) in [4.78, 5) is 15.9. The van der Waals surface area contributed by atoms with Crippen molar-refractivity contribution in [1.29, 1.82) is 0 Å². The van der Waals surface area contributed by atoms with Crippen LogP contribution in [0.2, 0.25) is 0 Å². The summed E-state index contributed by atoms with van der Waals surface area (Å²) in [5.74, 6) is -0.775. The molecule has 0 saturated carbocycles. The van der Waals surface area contributed by atoms with E-state index < -0.39 is 5.97 Å². The first kappa shape index (κ1) is 13.7. The molecule has 3 heterocycles. The molecule has 4 rings (SSSR count). The zero-order valence-corrected chi connectivity index (χ0v) is 12.7. The predicted octanol–water partition coefficient (Wildman–Crippen LogP) is 3.22. The van der Waals surface area contributed by atoms with E-state index in [4.69, 9.17) is 4.74 Å². The molecule has 6 nitrogen and oxygen atoms in total. The van der Waals surface area contributed by atoms with Gasteiger partial charge in [-0.1, -0.05) is 30.3 Å². The second kappa shape index (κ2) is 5.36. The third kappa shape index (κ3) is 2.22. The molecule has 0 unspecified atom stereocenters. The quantitative estimate of drug-likeness (QED) is 0.623. The molecule has 0 atom stereocenters. The Bertz CT molecular complexity index is 1010. The number of thiophene rings is 1. The van der Waals surface area contributed by atoms with E-state index in [1.807, 2.05) is 41.8 Å². The molecule has 4 aromatic rings. The first-order chi connectivity index (χ1) is 11.3. The number of nitrogens with zero attached hydrogens (tertiary/aromatic N) is 3. The highest BCUT2D eigenvalue weighted by molar-refractivity contribution is 7.17. The third-order valence-electron chi connectivity index (χ3n) is 3.52. The Labute approximate surface area is 134 Å². The average molecular weight is 325 g/mol. The Morgan fingerprint density at radius 2 is 2.09 bits per heavy atom. The molecule has 0 aliphatic carbocycles. The van der Waals surface area contributed by atoms with Crippen molar-refractivity contribution in [2.75, 3.05) is 0 Å². The molecule has 1 N–H and O–H groups in total. The molecule has 0 bridgehead atoms. The number of aromatic nitrogens is 3. The molecule has 0 aliphatic heterocycles. The number of ether oxygens (including phenoxy) is 1. The summed E-state index contributed by atoms with van der Waals surface area (Å²) in [5, 5.41) is 16.4. The summed E-state index contributed by atoms with van der Waals surface area (Å²) < 4.78 is 7.95. The molecule has 0 radical (unpaired) electrons. The maximum absolute atomic E-state index is 11.7. The Morgan fingerprint density at radius 3 is 2.87 bits per heavy atom.